The zero-order chi connectivity index (χ0) is 20.3. The van der Waals surface area contributed by atoms with Crippen LogP contribution in [0.2, 0.25) is 0 Å². The van der Waals surface area contributed by atoms with Crippen molar-refractivity contribution in [2.75, 3.05) is 11.4 Å². The lowest BCUT2D eigenvalue weighted by molar-refractivity contribution is -0.145. The van der Waals surface area contributed by atoms with Gasteiger partial charge in [0.2, 0.25) is 12.0 Å². The Kier molecular flexibility index (Phi) is 8.85. The molecule has 0 saturated carbocycles. The van der Waals surface area contributed by atoms with Crippen molar-refractivity contribution in [1.29, 1.82) is 0 Å². The molecule has 144 valence electrons. The van der Waals surface area contributed by atoms with Gasteiger partial charge in [-0.05, 0) is 115 Å². The Hall–Kier alpha value is 0.1000. The average Bonchev–Trinajstić information content (AvgIpc) is 2.58. The van der Waals surface area contributed by atoms with Crippen LogP contribution >= 0.6 is 90.4 Å². The van der Waals surface area contributed by atoms with Gasteiger partial charge in [0, 0.05) is 26.2 Å². The summed E-state index contributed by atoms with van der Waals surface area (Å²) in [5.74, 6) is -0.674. The number of carbonyl (C=O) groups is 2. The molecular weight excluding hydrogens is 802 g/mol. The van der Waals surface area contributed by atoms with Gasteiger partial charge >= 0.3 is 5.97 Å². The third-order valence-electron chi connectivity index (χ3n) is 3.70. The second kappa shape index (κ2) is 10.2. The molecule has 0 fully saturated rings. The molecule has 2 aromatic rings. The molecule has 1 atom stereocenters. The fourth-order valence-corrected chi connectivity index (χ4v) is 7.04. The van der Waals surface area contributed by atoms with Crippen LogP contribution in [-0.4, -0.2) is 23.5 Å². The fraction of sp³-hybridized carbons (Fsp3) is 0.222. The van der Waals surface area contributed by atoms with Gasteiger partial charge in [0.15, 0.2) is 0 Å². The van der Waals surface area contributed by atoms with Crippen LogP contribution in [0.4, 0.5) is 5.69 Å². The Morgan fingerprint density at radius 3 is 2.19 bits per heavy atom. The number of nitrogens with zero attached hydrogens (tertiary/aromatic N) is 1. The van der Waals surface area contributed by atoms with Crippen molar-refractivity contribution in [1.82, 2.24) is 0 Å². The van der Waals surface area contributed by atoms with Crippen LogP contribution in [0.5, 0.6) is 5.75 Å². The van der Waals surface area contributed by atoms with Gasteiger partial charge in [-0.3, -0.25) is 4.79 Å². The van der Waals surface area contributed by atoms with Crippen LogP contribution in [-0.2, 0) is 9.59 Å². The normalized spacial score (nSPS) is 11.8. The van der Waals surface area contributed by atoms with Gasteiger partial charge in [0.25, 0.3) is 0 Å². The lowest BCUT2D eigenvalue weighted by atomic mass is 10.1. The van der Waals surface area contributed by atoms with Gasteiger partial charge < -0.3 is 14.7 Å². The largest absolute Gasteiger partial charge is 0.478 e. The minimum absolute atomic E-state index is 0.0760. The molecule has 0 aliphatic heterocycles. The van der Waals surface area contributed by atoms with Crippen LogP contribution < -0.4 is 9.64 Å². The number of amides is 1. The molecule has 2 aromatic carbocycles. The minimum atomic E-state index is -1.13. The number of anilines is 1. The van der Waals surface area contributed by atoms with Gasteiger partial charge in [-0.1, -0.05) is 12.1 Å². The molecule has 0 aliphatic carbocycles. The van der Waals surface area contributed by atoms with Crippen LogP contribution in [0.1, 0.15) is 25.5 Å². The number of halogens is 4. The first-order valence-electron chi connectivity index (χ1n) is 7.77. The average molecular weight is 817 g/mol. The Morgan fingerprint density at radius 1 is 1.11 bits per heavy atom. The predicted molar refractivity (Wildman–Crippen MR) is 138 cm³/mol. The Bertz CT molecular complexity index is 871. The Morgan fingerprint density at radius 2 is 1.70 bits per heavy atom. The number of hydrogen-bond acceptors (Lipinski definition) is 3. The Labute approximate surface area is 212 Å². The second-order valence-corrected chi connectivity index (χ2v) is 10.1. The van der Waals surface area contributed by atoms with Crippen LogP contribution in [0.15, 0.2) is 30.3 Å². The lowest BCUT2D eigenvalue weighted by Gasteiger charge is -2.25. The maximum absolute atomic E-state index is 12.0. The van der Waals surface area contributed by atoms with Crippen molar-refractivity contribution in [3.8, 4) is 5.75 Å². The molecule has 0 bridgehead atoms. The number of benzene rings is 2. The van der Waals surface area contributed by atoms with E-state index in [0.29, 0.717) is 17.9 Å². The lowest BCUT2D eigenvalue weighted by Crippen LogP contribution is -2.30. The van der Waals surface area contributed by atoms with E-state index in [9.17, 15) is 14.7 Å². The van der Waals surface area contributed by atoms with Gasteiger partial charge in [0.1, 0.15) is 5.75 Å². The van der Waals surface area contributed by atoms with E-state index in [-0.39, 0.29) is 5.91 Å². The first-order chi connectivity index (χ1) is 12.7. The molecule has 0 heterocycles. The summed E-state index contributed by atoms with van der Waals surface area (Å²) < 4.78 is 9.41. The number of carboxylic acids is 1. The highest BCUT2D eigenvalue weighted by Gasteiger charge is 2.27. The summed E-state index contributed by atoms with van der Waals surface area (Å²) in [4.78, 5) is 25.6. The highest BCUT2D eigenvalue weighted by Crippen LogP contribution is 2.40. The second-order valence-electron chi connectivity index (χ2n) is 5.48. The third kappa shape index (κ3) is 5.58. The first-order valence-corrected chi connectivity index (χ1v) is 12.1. The maximum atomic E-state index is 12.0. The van der Waals surface area contributed by atoms with Crippen molar-refractivity contribution in [3.05, 3.63) is 50.2 Å². The molecule has 1 amide bonds. The number of hydrogen-bond donors (Lipinski definition) is 1. The van der Waals surface area contributed by atoms with Crippen molar-refractivity contribution >= 4 is 108 Å². The highest BCUT2D eigenvalue weighted by molar-refractivity contribution is 14.1. The fourth-order valence-electron chi connectivity index (χ4n) is 2.47. The molecule has 0 radical (unpaired) electrons. The zero-order valence-corrected chi connectivity index (χ0v) is 22.9. The van der Waals surface area contributed by atoms with Crippen molar-refractivity contribution in [3.63, 3.8) is 0 Å². The molecule has 1 N–H and O–H groups in total. The number of rotatable bonds is 6. The van der Waals surface area contributed by atoms with Crippen LogP contribution in [0, 0.1) is 14.3 Å². The first kappa shape index (κ1) is 23.4. The predicted octanol–water partition coefficient (Wildman–Crippen LogP) is 5.68. The molecule has 27 heavy (non-hydrogen) atoms. The molecule has 0 saturated heterocycles. The topological polar surface area (TPSA) is 66.8 Å². The molecule has 1 unspecified atom stereocenters. The highest BCUT2D eigenvalue weighted by atomic mass is 127. The van der Waals surface area contributed by atoms with Gasteiger partial charge in [-0.25, -0.2) is 4.79 Å². The molecular formula is C18H15I4NO4. The van der Waals surface area contributed by atoms with E-state index in [1.54, 1.807) is 17.0 Å². The summed E-state index contributed by atoms with van der Waals surface area (Å²) in [6.07, 6.45) is -1.13. The Balaban J connectivity index is 2.55. The molecule has 5 nitrogen and oxygen atoms in total. The van der Waals surface area contributed by atoms with Gasteiger partial charge in [-0.15, -0.1) is 0 Å². The minimum Gasteiger partial charge on any atom is -0.478 e. The summed E-state index contributed by atoms with van der Waals surface area (Å²) >= 11 is 8.61. The standard InChI is InChI=1S/C18H15I4NO4/c1-3-23(9(2)24)15-12(20)8-13(21)17(14(15)22)27-16(18(25)26)10-4-6-11(19)7-5-10/h4-8,16H,3H2,1-2H3,(H,25,26). The van der Waals surface area contributed by atoms with E-state index in [2.05, 4.69) is 90.4 Å². The van der Waals surface area contributed by atoms with Crippen molar-refractivity contribution in [2.45, 2.75) is 20.0 Å². The summed E-state index contributed by atoms with van der Waals surface area (Å²) in [5, 5.41) is 9.71. The summed E-state index contributed by atoms with van der Waals surface area (Å²) in [7, 11) is 0. The molecule has 0 aromatic heterocycles. The van der Waals surface area contributed by atoms with Crippen molar-refractivity contribution in [2.24, 2.45) is 0 Å². The van der Waals surface area contributed by atoms with Crippen molar-refractivity contribution < 1.29 is 19.4 Å². The summed E-state index contributed by atoms with van der Waals surface area (Å²) in [6, 6.07) is 9.09. The summed E-state index contributed by atoms with van der Waals surface area (Å²) in [6.45, 7) is 3.93. The third-order valence-corrected chi connectivity index (χ3v) is 7.05. The number of carbonyl (C=O) groups excluding carboxylic acids is 1. The molecule has 9 heteroatoms. The number of ether oxygens (including phenoxy) is 1. The van der Waals surface area contributed by atoms with E-state index in [4.69, 9.17) is 4.74 Å². The monoisotopic (exact) mass is 817 g/mol. The van der Waals surface area contributed by atoms with Gasteiger partial charge in [0.05, 0.1) is 12.8 Å². The number of aliphatic carboxylic acids is 1. The zero-order valence-electron chi connectivity index (χ0n) is 14.3. The van der Waals surface area contributed by atoms with E-state index in [1.165, 1.54) is 6.92 Å². The SMILES string of the molecule is CCN(C(C)=O)c1c(I)cc(I)c(OC(C(=O)O)c2ccc(I)cc2)c1I. The molecule has 0 aliphatic rings. The van der Waals surface area contributed by atoms with E-state index < -0.39 is 12.1 Å². The smallest absolute Gasteiger partial charge is 0.349 e. The van der Waals surface area contributed by atoms with E-state index in [1.807, 2.05) is 25.1 Å². The van der Waals surface area contributed by atoms with Crippen LogP contribution in [0.3, 0.4) is 0 Å². The van der Waals surface area contributed by atoms with Crippen LogP contribution in [0.25, 0.3) is 0 Å². The molecule has 2 rings (SSSR count). The maximum Gasteiger partial charge on any atom is 0.349 e. The summed E-state index contributed by atoms with van der Waals surface area (Å²) in [5.41, 5.74) is 1.31. The number of carboxylic acid groups (broad SMARTS) is 1. The molecule has 0 spiro atoms. The van der Waals surface area contributed by atoms with Gasteiger partial charge in [-0.2, -0.15) is 0 Å². The van der Waals surface area contributed by atoms with E-state index >= 15 is 0 Å². The van der Waals surface area contributed by atoms with E-state index in [0.717, 1.165) is 20.0 Å². The quantitative estimate of drug-likeness (QED) is 0.382.